The second-order valence-electron chi connectivity index (χ2n) is 7.81. The highest BCUT2D eigenvalue weighted by molar-refractivity contribution is 7.34. The minimum absolute atomic E-state index is 0.127. The molecule has 0 aliphatic rings. The summed E-state index contributed by atoms with van der Waals surface area (Å²) in [6, 6.07) is 8.17. The number of unbranched alkanes of at least 4 members (excludes halogenated alkanes) is 15. The van der Waals surface area contributed by atoms with Crippen LogP contribution in [-0.2, 0) is 11.0 Å². The van der Waals surface area contributed by atoms with E-state index in [1.807, 2.05) is 12.1 Å². The number of aryl methyl sites for hydroxylation is 1. The van der Waals surface area contributed by atoms with Gasteiger partial charge in [0.05, 0.1) is 0 Å². The molecule has 148 valence electrons. The average Bonchev–Trinajstić information content (AvgIpc) is 2.68. The Morgan fingerprint density at radius 1 is 0.577 bits per heavy atom. The molecule has 26 heavy (non-hydrogen) atoms. The van der Waals surface area contributed by atoms with Gasteiger partial charge < -0.3 is 0 Å². The Morgan fingerprint density at radius 3 is 1.35 bits per heavy atom. The summed E-state index contributed by atoms with van der Waals surface area (Å²) in [5.74, 6) is 0. The quantitative estimate of drug-likeness (QED) is 0.186. The van der Waals surface area contributed by atoms with Crippen molar-refractivity contribution in [1.29, 1.82) is 0 Å². The molecule has 0 aliphatic heterocycles. The first kappa shape index (κ1) is 23.4. The molecule has 1 aromatic rings. The summed E-state index contributed by atoms with van der Waals surface area (Å²) in [5, 5.41) is 0.876. The van der Waals surface area contributed by atoms with Gasteiger partial charge >= 0.3 is 0 Å². The summed E-state index contributed by atoms with van der Waals surface area (Å²) in [6.07, 6.45) is 23.9. The fraction of sp³-hybridized carbons (Fsp3) is 0.750. The van der Waals surface area contributed by atoms with Gasteiger partial charge in [-0.3, -0.25) is 4.57 Å². The van der Waals surface area contributed by atoms with Crippen molar-refractivity contribution in [3.05, 3.63) is 29.8 Å². The van der Waals surface area contributed by atoms with Crippen LogP contribution in [0.1, 0.15) is 115 Å². The van der Waals surface area contributed by atoms with Gasteiger partial charge in [-0.25, -0.2) is 0 Å². The molecular formula is C24H41OP. The van der Waals surface area contributed by atoms with Crippen LogP contribution in [0.15, 0.2) is 24.3 Å². The van der Waals surface area contributed by atoms with Crippen molar-refractivity contribution in [1.82, 2.24) is 0 Å². The van der Waals surface area contributed by atoms with E-state index >= 15 is 0 Å². The van der Waals surface area contributed by atoms with Crippen molar-refractivity contribution in [3.63, 3.8) is 0 Å². The molecule has 1 rings (SSSR count). The van der Waals surface area contributed by atoms with Crippen LogP contribution in [0, 0.1) is 0 Å². The van der Waals surface area contributed by atoms with Crippen LogP contribution in [0.3, 0.4) is 0 Å². The molecule has 0 radical (unpaired) electrons. The number of hydrogen-bond acceptors (Lipinski definition) is 1. The largest absolute Gasteiger partial charge is 0.269 e. The summed E-state index contributed by atoms with van der Waals surface area (Å²) >= 11 is 0. The maximum atomic E-state index is 10.7. The normalized spacial score (nSPS) is 11.3. The van der Waals surface area contributed by atoms with Crippen LogP contribution >= 0.6 is 8.46 Å². The fourth-order valence-electron chi connectivity index (χ4n) is 3.60. The van der Waals surface area contributed by atoms with E-state index in [-0.39, 0.29) is 8.46 Å². The Labute approximate surface area is 164 Å². The second kappa shape index (κ2) is 17.7. The Balaban J connectivity index is 1.77. The standard InChI is InChI=1S/C24H41OP/c1-2-3-4-5-6-7-8-9-10-11-12-13-14-15-16-17-18-23-19-21-24(26-25)22-20-23/h19-22H,2-18H2,1H3. The molecule has 1 nitrogen and oxygen atoms in total. The highest BCUT2D eigenvalue weighted by Gasteiger charge is 1.97. The van der Waals surface area contributed by atoms with Gasteiger partial charge in [-0.05, 0) is 30.5 Å². The van der Waals surface area contributed by atoms with E-state index in [4.69, 9.17) is 0 Å². The third-order valence-corrected chi connectivity index (χ3v) is 5.87. The SMILES string of the molecule is CCCCCCCCCCCCCCCCCCc1ccc(P=O)cc1. The first-order chi connectivity index (χ1) is 12.9. The van der Waals surface area contributed by atoms with E-state index in [9.17, 15) is 4.57 Å². The van der Waals surface area contributed by atoms with E-state index in [1.165, 1.54) is 108 Å². The lowest BCUT2D eigenvalue weighted by atomic mass is 10.0. The Hall–Kier alpha value is -0.680. The van der Waals surface area contributed by atoms with E-state index in [1.54, 1.807) is 0 Å². The first-order valence-electron chi connectivity index (χ1n) is 11.3. The van der Waals surface area contributed by atoms with Crippen molar-refractivity contribution in [2.45, 2.75) is 116 Å². The predicted molar refractivity (Wildman–Crippen MR) is 117 cm³/mol. The van der Waals surface area contributed by atoms with Gasteiger partial charge in [0.1, 0.15) is 0 Å². The van der Waals surface area contributed by atoms with Crippen LogP contribution < -0.4 is 5.30 Å². The van der Waals surface area contributed by atoms with Crippen molar-refractivity contribution in [2.24, 2.45) is 0 Å². The zero-order valence-corrected chi connectivity index (χ0v) is 18.1. The molecule has 0 amide bonds. The zero-order chi connectivity index (χ0) is 18.7. The van der Waals surface area contributed by atoms with E-state index in [0.717, 1.165) is 11.7 Å². The lowest BCUT2D eigenvalue weighted by molar-refractivity contribution is 0.529. The minimum atomic E-state index is 0.127. The molecular weight excluding hydrogens is 335 g/mol. The molecule has 0 atom stereocenters. The molecule has 0 saturated heterocycles. The van der Waals surface area contributed by atoms with Crippen molar-refractivity contribution >= 4 is 13.8 Å². The Kier molecular flexibility index (Phi) is 15.9. The summed E-state index contributed by atoms with van der Waals surface area (Å²) in [7, 11) is 0.127. The van der Waals surface area contributed by atoms with Gasteiger partial charge in [0, 0.05) is 5.30 Å². The molecule has 0 N–H and O–H groups in total. The Morgan fingerprint density at radius 2 is 0.962 bits per heavy atom. The summed E-state index contributed by atoms with van der Waals surface area (Å²) in [6.45, 7) is 2.29. The topological polar surface area (TPSA) is 17.1 Å². The summed E-state index contributed by atoms with van der Waals surface area (Å²) in [5.41, 5.74) is 1.38. The predicted octanol–water partition coefficient (Wildman–Crippen LogP) is 8.41. The van der Waals surface area contributed by atoms with Gasteiger partial charge in [-0.2, -0.15) is 0 Å². The van der Waals surface area contributed by atoms with E-state index in [2.05, 4.69) is 19.1 Å². The van der Waals surface area contributed by atoms with Gasteiger partial charge in [-0.15, -0.1) is 0 Å². The van der Waals surface area contributed by atoms with Crippen LogP contribution in [0.2, 0.25) is 0 Å². The molecule has 1 aromatic carbocycles. The third kappa shape index (κ3) is 13.5. The lowest BCUT2D eigenvalue weighted by Gasteiger charge is -2.04. The molecule has 0 aromatic heterocycles. The molecule has 2 heteroatoms. The summed E-state index contributed by atoms with van der Waals surface area (Å²) < 4.78 is 10.7. The number of rotatable bonds is 18. The van der Waals surface area contributed by atoms with Crippen molar-refractivity contribution < 1.29 is 4.57 Å². The molecule has 0 spiro atoms. The highest BCUT2D eigenvalue weighted by Crippen LogP contribution is 2.14. The zero-order valence-electron chi connectivity index (χ0n) is 17.2. The fourth-order valence-corrected chi connectivity index (χ4v) is 3.87. The van der Waals surface area contributed by atoms with Crippen LogP contribution in [0.5, 0.6) is 0 Å². The molecule has 0 saturated carbocycles. The maximum absolute atomic E-state index is 10.7. The maximum Gasteiger partial charge on any atom is 0.192 e. The van der Waals surface area contributed by atoms with E-state index in [0.29, 0.717) is 0 Å². The third-order valence-electron chi connectivity index (χ3n) is 5.36. The van der Waals surface area contributed by atoms with Crippen LogP contribution in [-0.4, -0.2) is 0 Å². The smallest absolute Gasteiger partial charge is 0.192 e. The highest BCUT2D eigenvalue weighted by atomic mass is 31.1. The number of hydrogen-bond donors (Lipinski definition) is 0. The monoisotopic (exact) mass is 376 g/mol. The van der Waals surface area contributed by atoms with Gasteiger partial charge in [0.15, 0.2) is 8.46 Å². The van der Waals surface area contributed by atoms with Crippen LogP contribution in [0.4, 0.5) is 0 Å². The lowest BCUT2D eigenvalue weighted by Crippen LogP contribution is -1.92. The summed E-state index contributed by atoms with van der Waals surface area (Å²) in [4.78, 5) is 0. The van der Waals surface area contributed by atoms with Crippen LogP contribution in [0.25, 0.3) is 0 Å². The van der Waals surface area contributed by atoms with Crippen molar-refractivity contribution in [2.75, 3.05) is 0 Å². The van der Waals surface area contributed by atoms with Gasteiger partial charge in [-0.1, -0.05) is 115 Å². The molecule has 0 unspecified atom stereocenters. The second-order valence-corrected chi connectivity index (χ2v) is 8.51. The van der Waals surface area contributed by atoms with Gasteiger partial charge in [0.25, 0.3) is 0 Å². The average molecular weight is 377 g/mol. The Bertz CT molecular complexity index is 426. The first-order valence-corrected chi connectivity index (χ1v) is 12.1. The number of benzene rings is 1. The minimum Gasteiger partial charge on any atom is -0.269 e. The molecule has 0 heterocycles. The molecule has 0 bridgehead atoms. The molecule has 0 fully saturated rings. The van der Waals surface area contributed by atoms with E-state index < -0.39 is 0 Å². The van der Waals surface area contributed by atoms with Crippen molar-refractivity contribution in [3.8, 4) is 0 Å². The van der Waals surface area contributed by atoms with Gasteiger partial charge in [0.2, 0.25) is 0 Å². The molecule has 0 aliphatic carbocycles.